The fourth-order valence-electron chi connectivity index (χ4n) is 1.71. The summed E-state index contributed by atoms with van der Waals surface area (Å²) in [6.45, 7) is 19.3. The van der Waals surface area contributed by atoms with Gasteiger partial charge in [0.25, 0.3) is 0 Å². The average molecular weight is 238 g/mol. The SMILES string of the molecule is C=C/C=C(S)\C(=C(/C)C(C)(C)C)C(C)(C)C. The van der Waals surface area contributed by atoms with Crippen LogP contribution in [0.15, 0.2) is 34.8 Å². The standard InChI is InChI=1S/C15H26S/c1-9-10-12(16)13(15(6,7)8)11(2)14(3,4)5/h9-10,16H,1H2,2-8H3/b12-10+,13-11-. The zero-order valence-corrected chi connectivity index (χ0v) is 12.7. The van der Waals surface area contributed by atoms with E-state index in [0.29, 0.717) is 0 Å². The first-order valence-electron chi connectivity index (χ1n) is 5.75. The maximum atomic E-state index is 4.60. The minimum atomic E-state index is 0.105. The third-order valence-electron chi connectivity index (χ3n) is 2.78. The number of allylic oxidation sites excluding steroid dienone is 4. The molecule has 0 heterocycles. The monoisotopic (exact) mass is 238 g/mol. The molecular formula is C15H26S. The summed E-state index contributed by atoms with van der Waals surface area (Å²) in [5.74, 6) is 0. The Labute approximate surface area is 107 Å². The van der Waals surface area contributed by atoms with Crippen LogP contribution in [0.25, 0.3) is 0 Å². The van der Waals surface area contributed by atoms with E-state index in [1.165, 1.54) is 11.1 Å². The number of rotatable bonds is 2. The highest BCUT2D eigenvalue weighted by atomic mass is 32.1. The first kappa shape index (κ1) is 15.6. The average Bonchev–Trinajstić information content (AvgIpc) is 1.99. The predicted octanol–water partition coefficient (Wildman–Crippen LogP) is 5.39. The minimum absolute atomic E-state index is 0.105. The van der Waals surface area contributed by atoms with E-state index >= 15 is 0 Å². The van der Waals surface area contributed by atoms with Crippen molar-refractivity contribution in [3.8, 4) is 0 Å². The second-order valence-electron chi connectivity index (χ2n) is 6.29. The first-order valence-corrected chi connectivity index (χ1v) is 6.20. The van der Waals surface area contributed by atoms with Crippen LogP contribution in [0.1, 0.15) is 48.5 Å². The van der Waals surface area contributed by atoms with Gasteiger partial charge in [0.05, 0.1) is 0 Å². The number of hydrogen-bond acceptors (Lipinski definition) is 1. The van der Waals surface area contributed by atoms with E-state index in [1.54, 1.807) is 6.08 Å². The molecule has 0 spiro atoms. The van der Waals surface area contributed by atoms with Gasteiger partial charge in [-0.2, -0.15) is 0 Å². The highest BCUT2D eigenvalue weighted by Crippen LogP contribution is 2.41. The number of thiol groups is 1. The molecule has 0 atom stereocenters. The predicted molar refractivity (Wildman–Crippen MR) is 78.9 cm³/mol. The molecular weight excluding hydrogens is 212 g/mol. The van der Waals surface area contributed by atoms with E-state index in [4.69, 9.17) is 0 Å². The highest BCUT2D eigenvalue weighted by Gasteiger charge is 2.26. The van der Waals surface area contributed by atoms with Gasteiger partial charge in [0.1, 0.15) is 0 Å². The lowest BCUT2D eigenvalue weighted by Crippen LogP contribution is -2.18. The van der Waals surface area contributed by atoms with Crippen LogP contribution in [0.2, 0.25) is 0 Å². The van der Waals surface area contributed by atoms with E-state index in [-0.39, 0.29) is 10.8 Å². The van der Waals surface area contributed by atoms with Gasteiger partial charge in [-0.25, -0.2) is 0 Å². The molecule has 0 radical (unpaired) electrons. The summed E-state index contributed by atoms with van der Waals surface area (Å²) in [5, 5.41) is 0. The van der Waals surface area contributed by atoms with Crippen molar-refractivity contribution >= 4 is 12.6 Å². The van der Waals surface area contributed by atoms with Crippen molar-refractivity contribution in [3.05, 3.63) is 34.8 Å². The smallest absolute Gasteiger partial charge is 0.00768 e. The summed E-state index contributed by atoms with van der Waals surface area (Å²) in [6, 6.07) is 0. The lowest BCUT2D eigenvalue weighted by molar-refractivity contribution is 0.453. The van der Waals surface area contributed by atoms with Gasteiger partial charge in [0.15, 0.2) is 0 Å². The van der Waals surface area contributed by atoms with Crippen LogP contribution in [0.3, 0.4) is 0 Å². The Morgan fingerprint density at radius 3 is 1.69 bits per heavy atom. The molecule has 0 aliphatic carbocycles. The molecule has 0 unspecified atom stereocenters. The molecule has 0 aliphatic rings. The first-order chi connectivity index (χ1) is 7.01. The molecule has 0 saturated carbocycles. The van der Waals surface area contributed by atoms with Gasteiger partial charge >= 0.3 is 0 Å². The summed E-state index contributed by atoms with van der Waals surface area (Å²) >= 11 is 4.60. The highest BCUT2D eigenvalue weighted by molar-refractivity contribution is 7.84. The quantitative estimate of drug-likeness (QED) is 0.483. The molecule has 0 rings (SSSR count). The third-order valence-corrected chi connectivity index (χ3v) is 3.15. The van der Waals surface area contributed by atoms with Crippen molar-refractivity contribution in [1.29, 1.82) is 0 Å². The van der Waals surface area contributed by atoms with Crippen molar-refractivity contribution in [1.82, 2.24) is 0 Å². The van der Waals surface area contributed by atoms with Crippen LogP contribution in [0.4, 0.5) is 0 Å². The molecule has 0 bridgehead atoms. The van der Waals surface area contributed by atoms with Crippen molar-refractivity contribution < 1.29 is 0 Å². The Kier molecular flexibility index (Phi) is 5.13. The molecule has 0 aromatic carbocycles. The lowest BCUT2D eigenvalue weighted by Gasteiger charge is -2.32. The Balaban J connectivity index is 5.80. The summed E-state index contributed by atoms with van der Waals surface area (Å²) in [6.07, 6.45) is 3.77. The van der Waals surface area contributed by atoms with Crippen LogP contribution in [0, 0.1) is 10.8 Å². The molecule has 92 valence electrons. The van der Waals surface area contributed by atoms with Crippen molar-refractivity contribution in [2.45, 2.75) is 48.5 Å². The maximum Gasteiger partial charge on any atom is 0.00768 e. The molecule has 0 fully saturated rings. The van der Waals surface area contributed by atoms with Crippen LogP contribution in [-0.4, -0.2) is 0 Å². The van der Waals surface area contributed by atoms with E-state index in [1.807, 2.05) is 6.08 Å². The van der Waals surface area contributed by atoms with E-state index in [2.05, 4.69) is 67.7 Å². The van der Waals surface area contributed by atoms with Crippen molar-refractivity contribution in [2.24, 2.45) is 10.8 Å². The van der Waals surface area contributed by atoms with Gasteiger partial charge in [0, 0.05) is 4.91 Å². The van der Waals surface area contributed by atoms with E-state index in [0.717, 1.165) is 4.91 Å². The Hall–Kier alpha value is -0.430. The molecule has 0 aliphatic heterocycles. The van der Waals surface area contributed by atoms with Gasteiger partial charge in [-0.15, -0.1) is 12.6 Å². The Morgan fingerprint density at radius 2 is 1.44 bits per heavy atom. The molecule has 1 heteroatoms. The van der Waals surface area contributed by atoms with Gasteiger partial charge in [0.2, 0.25) is 0 Å². The van der Waals surface area contributed by atoms with Crippen molar-refractivity contribution in [3.63, 3.8) is 0 Å². The van der Waals surface area contributed by atoms with Crippen LogP contribution in [0.5, 0.6) is 0 Å². The molecule has 0 saturated heterocycles. The minimum Gasteiger partial charge on any atom is -0.143 e. The fourth-order valence-corrected chi connectivity index (χ4v) is 2.32. The summed E-state index contributed by atoms with van der Waals surface area (Å²) in [7, 11) is 0. The van der Waals surface area contributed by atoms with Gasteiger partial charge in [-0.1, -0.05) is 59.8 Å². The zero-order chi connectivity index (χ0) is 13.1. The second kappa shape index (κ2) is 5.27. The van der Waals surface area contributed by atoms with Crippen molar-refractivity contribution in [2.75, 3.05) is 0 Å². The second-order valence-corrected chi connectivity index (χ2v) is 6.77. The summed E-state index contributed by atoms with van der Waals surface area (Å²) < 4.78 is 0. The van der Waals surface area contributed by atoms with E-state index < -0.39 is 0 Å². The molecule has 0 aromatic heterocycles. The van der Waals surface area contributed by atoms with Crippen LogP contribution < -0.4 is 0 Å². The topological polar surface area (TPSA) is 0 Å². The van der Waals surface area contributed by atoms with Gasteiger partial charge in [-0.3, -0.25) is 0 Å². The normalized spacial score (nSPS) is 15.9. The fraction of sp³-hybridized carbons (Fsp3) is 0.600. The van der Waals surface area contributed by atoms with Gasteiger partial charge < -0.3 is 0 Å². The van der Waals surface area contributed by atoms with Crippen LogP contribution >= 0.6 is 12.6 Å². The largest absolute Gasteiger partial charge is 0.143 e. The number of hydrogen-bond donors (Lipinski definition) is 1. The molecule has 0 nitrogen and oxygen atoms in total. The van der Waals surface area contributed by atoms with Crippen LogP contribution in [-0.2, 0) is 0 Å². The van der Waals surface area contributed by atoms with E-state index in [9.17, 15) is 0 Å². The lowest BCUT2D eigenvalue weighted by atomic mass is 9.75. The molecule has 16 heavy (non-hydrogen) atoms. The summed E-state index contributed by atoms with van der Waals surface area (Å²) in [4.78, 5) is 1.02. The molecule has 0 amide bonds. The summed E-state index contributed by atoms with van der Waals surface area (Å²) in [5.41, 5.74) is 2.99. The Bertz CT molecular complexity index is 316. The van der Waals surface area contributed by atoms with Gasteiger partial charge in [-0.05, 0) is 29.4 Å². The molecule has 0 N–H and O–H groups in total. The molecule has 0 aromatic rings. The Morgan fingerprint density at radius 1 is 1.00 bits per heavy atom. The third kappa shape index (κ3) is 4.21. The maximum absolute atomic E-state index is 4.60. The zero-order valence-electron chi connectivity index (χ0n) is 11.8.